The number of carbonyl (C=O) groups is 1. The highest BCUT2D eigenvalue weighted by Gasteiger charge is 2.27. The van der Waals surface area contributed by atoms with Crippen molar-refractivity contribution in [2.24, 2.45) is 5.73 Å². The molecule has 7 heteroatoms. The van der Waals surface area contributed by atoms with Crippen LogP contribution in [0.2, 0.25) is 0 Å². The van der Waals surface area contributed by atoms with Crippen LogP contribution in [0.5, 0.6) is 5.75 Å². The first-order valence-electron chi connectivity index (χ1n) is 6.91. The summed E-state index contributed by atoms with van der Waals surface area (Å²) in [6, 6.07) is 8.79. The molecule has 0 atom stereocenters. The van der Waals surface area contributed by atoms with Gasteiger partial charge in [0.05, 0.1) is 25.8 Å². The zero-order chi connectivity index (χ0) is 16.9. The van der Waals surface area contributed by atoms with Crippen LogP contribution in [0, 0.1) is 0 Å². The summed E-state index contributed by atoms with van der Waals surface area (Å²) < 4.78 is 31.2. The number of aromatic nitrogens is 1. The van der Waals surface area contributed by atoms with Crippen LogP contribution in [-0.4, -0.2) is 37.0 Å². The minimum Gasteiger partial charge on any atom is -0.497 e. The van der Waals surface area contributed by atoms with Gasteiger partial charge in [0.15, 0.2) is 0 Å². The minimum atomic E-state index is -3.13. The van der Waals surface area contributed by atoms with Crippen LogP contribution >= 0.6 is 0 Å². The summed E-state index contributed by atoms with van der Waals surface area (Å²) in [5.41, 5.74) is 6.66. The Balaban J connectivity index is 2.14. The van der Waals surface area contributed by atoms with Crippen LogP contribution in [0.4, 0.5) is 8.78 Å². The number of benzene rings is 1. The van der Waals surface area contributed by atoms with Crippen molar-refractivity contribution in [3.05, 3.63) is 48.3 Å². The van der Waals surface area contributed by atoms with Crippen molar-refractivity contribution in [3.8, 4) is 16.9 Å². The van der Waals surface area contributed by atoms with Gasteiger partial charge < -0.3 is 15.8 Å². The fraction of sp³-hybridized carbons (Fsp3) is 0.250. The van der Waals surface area contributed by atoms with Gasteiger partial charge in [0.25, 0.3) is 11.8 Å². The number of nitrogens with two attached hydrogens (primary N) is 1. The van der Waals surface area contributed by atoms with Gasteiger partial charge in [0.1, 0.15) is 5.75 Å². The molecule has 1 aromatic heterocycles. The Bertz CT molecular complexity index is 675. The molecule has 2 aromatic rings. The summed E-state index contributed by atoms with van der Waals surface area (Å²) in [5, 5.41) is 2.16. The van der Waals surface area contributed by atoms with E-state index < -0.39 is 24.9 Å². The molecule has 1 aromatic carbocycles. The van der Waals surface area contributed by atoms with Crippen LogP contribution in [-0.2, 0) is 0 Å². The third kappa shape index (κ3) is 4.46. The molecule has 122 valence electrons. The molecule has 0 aliphatic carbocycles. The van der Waals surface area contributed by atoms with Crippen LogP contribution in [0.1, 0.15) is 10.4 Å². The zero-order valence-corrected chi connectivity index (χ0v) is 12.6. The molecule has 3 N–H and O–H groups in total. The van der Waals surface area contributed by atoms with Crippen molar-refractivity contribution < 1.29 is 18.3 Å². The first-order chi connectivity index (χ1) is 10.9. The van der Waals surface area contributed by atoms with Gasteiger partial charge >= 0.3 is 0 Å². The summed E-state index contributed by atoms with van der Waals surface area (Å²) in [4.78, 5) is 15.9. The molecule has 0 saturated heterocycles. The quantitative estimate of drug-likeness (QED) is 0.854. The molecular formula is C16H17F2N3O2. The van der Waals surface area contributed by atoms with E-state index in [1.54, 1.807) is 31.5 Å². The van der Waals surface area contributed by atoms with Gasteiger partial charge in [-0.3, -0.25) is 9.78 Å². The fourth-order valence-corrected chi connectivity index (χ4v) is 1.89. The highest BCUT2D eigenvalue weighted by molar-refractivity contribution is 5.95. The number of nitrogens with zero attached hydrogens (tertiary/aromatic N) is 1. The predicted octanol–water partition coefficient (Wildman–Crippen LogP) is 2.08. The molecule has 23 heavy (non-hydrogen) atoms. The van der Waals surface area contributed by atoms with Crippen molar-refractivity contribution in [1.29, 1.82) is 0 Å². The number of carbonyl (C=O) groups excluding carboxylic acids is 1. The van der Waals surface area contributed by atoms with E-state index in [2.05, 4.69) is 10.3 Å². The first-order valence-corrected chi connectivity index (χ1v) is 6.91. The van der Waals surface area contributed by atoms with Gasteiger partial charge in [-0.1, -0.05) is 12.1 Å². The second-order valence-electron chi connectivity index (χ2n) is 4.93. The molecule has 0 unspecified atom stereocenters. The molecule has 0 radical (unpaired) electrons. The van der Waals surface area contributed by atoms with E-state index in [0.717, 1.165) is 5.56 Å². The number of hydrogen-bond acceptors (Lipinski definition) is 4. The van der Waals surface area contributed by atoms with E-state index in [0.29, 0.717) is 11.3 Å². The summed E-state index contributed by atoms with van der Waals surface area (Å²) >= 11 is 0. The van der Waals surface area contributed by atoms with Crippen molar-refractivity contribution in [3.63, 3.8) is 0 Å². The van der Waals surface area contributed by atoms with E-state index >= 15 is 0 Å². The fourth-order valence-electron chi connectivity index (χ4n) is 1.89. The lowest BCUT2D eigenvalue weighted by Gasteiger charge is -2.14. The molecule has 0 spiro atoms. The normalized spacial score (nSPS) is 11.1. The van der Waals surface area contributed by atoms with E-state index in [1.165, 1.54) is 6.20 Å². The largest absolute Gasteiger partial charge is 0.497 e. The molecule has 5 nitrogen and oxygen atoms in total. The smallest absolute Gasteiger partial charge is 0.277 e. The van der Waals surface area contributed by atoms with Gasteiger partial charge in [0.2, 0.25) is 0 Å². The number of methoxy groups -OCH3 is 1. The topological polar surface area (TPSA) is 77.2 Å². The maximum atomic E-state index is 13.1. The van der Waals surface area contributed by atoms with Crippen LogP contribution in [0.15, 0.2) is 42.7 Å². The standard InChI is InChI=1S/C16H17F2N3O2/c1-23-14-4-2-11(3-5-14)12-6-13(8-20-7-12)15(22)21-10-16(17,18)9-19/h2-8H,9-10,19H2,1H3,(H,21,22). The van der Waals surface area contributed by atoms with Crippen LogP contribution in [0.3, 0.4) is 0 Å². The molecular weight excluding hydrogens is 304 g/mol. The molecule has 0 fully saturated rings. The molecule has 0 aliphatic rings. The molecule has 1 amide bonds. The van der Waals surface area contributed by atoms with E-state index in [9.17, 15) is 13.6 Å². The monoisotopic (exact) mass is 321 g/mol. The third-order valence-electron chi connectivity index (χ3n) is 3.23. The molecule has 0 aliphatic heterocycles. The maximum Gasteiger partial charge on any atom is 0.277 e. The molecule has 2 rings (SSSR count). The molecule has 0 saturated carbocycles. The Morgan fingerprint density at radius 3 is 2.57 bits per heavy atom. The minimum absolute atomic E-state index is 0.200. The number of ether oxygens (including phenoxy) is 1. The Morgan fingerprint density at radius 1 is 1.26 bits per heavy atom. The van der Waals surface area contributed by atoms with Crippen molar-refractivity contribution in [2.45, 2.75) is 5.92 Å². The SMILES string of the molecule is COc1ccc(-c2cncc(C(=O)NCC(F)(F)CN)c2)cc1. The van der Waals surface area contributed by atoms with Gasteiger partial charge in [-0.05, 0) is 23.8 Å². The average molecular weight is 321 g/mol. The number of alkyl halides is 2. The average Bonchev–Trinajstić information content (AvgIpc) is 2.60. The second kappa shape index (κ2) is 7.15. The van der Waals surface area contributed by atoms with E-state index in [1.807, 2.05) is 12.1 Å². The maximum absolute atomic E-state index is 13.1. The number of nitrogens with one attached hydrogen (secondary N) is 1. The van der Waals surface area contributed by atoms with Crippen molar-refractivity contribution in [1.82, 2.24) is 10.3 Å². The summed E-state index contributed by atoms with van der Waals surface area (Å²) in [7, 11) is 1.57. The number of hydrogen-bond donors (Lipinski definition) is 2. The summed E-state index contributed by atoms with van der Waals surface area (Å²) in [5.74, 6) is -3.04. The number of amides is 1. The van der Waals surface area contributed by atoms with Crippen LogP contribution < -0.4 is 15.8 Å². The first kappa shape index (κ1) is 16.8. The molecule has 1 heterocycles. The summed E-state index contributed by atoms with van der Waals surface area (Å²) in [6.45, 7) is -1.63. The van der Waals surface area contributed by atoms with Crippen LogP contribution in [0.25, 0.3) is 11.1 Å². The number of halogens is 2. The zero-order valence-electron chi connectivity index (χ0n) is 12.6. The second-order valence-corrected chi connectivity index (χ2v) is 4.93. The van der Waals surface area contributed by atoms with Gasteiger partial charge in [-0.25, -0.2) is 8.78 Å². The predicted molar refractivity (Wildman–Crippen MR) is 82.6 cm³/mol. The third-order valence-corrected chi connectivity index (χ3v) is 3.23. The van der Waals surface area contributed by atoms with Crippen molar-refractivity contribution >= 4 is 5.91 Å². The lowest BCUT2D eigenvalue weighted by Crippen LogP contribution is -2.41. The lowest BCUT2D eigenvalue weighted by molar-refractivity contribution is 0.0118. The van der Waals surface area contributed by atoms with Gasteiger partial charge in [0, 0.05) is 18.0 Å². The van der Waals surface area contributed by atoms with Crippen molar-refractivity contribution in [2.75, 3.05) is 20.2 Å². The van der Waals surface area contributed by atoms with E-state index in [-0.39, 0.29) is 5.56 Å². The Labute approximate surface area is 132 Å². The van der Waals surface area contributed by atoms with E-state index in [4.69, 9.17) is 10.5 Å². The highest BCUT2D eigenvalue weighted by Crippen LogP contribution is 2.22. The molecule has 0 bridgehead atoms. The Morgan fingerprint density at radius 2 is 1.96 bits per heavy atom. The number of pyridine rings is 1. The van der Waals surface area contributed by atoms with Gasteiger partial charge in [-0.2, -0.15) is 0 Å². The lowest BCUT2D eigenvalue weighted by atomic mass is 10.1. The Kier molecular flexibility index (Phi) is 5.23. The summed E-state index contributed by atoms with van der Waals surface area (Å²) in [6.07, 6.45) is 2.91. The number of rotatable bonds is 6. The highest BCUT2D eigenvalue weighted by atomic mass is 19.3. The Hall–Kier alpha value is -2.54. The van der Waals surface area contributed by atoms with Gasteiger partial charge in [-0.15, -0.1) is 0 Å².